The minimum Gasteiger partial charge on any atom is -0.349 e. The molecule has 2 aromatic rings. The molecule has 2 aliphatic rings. The molecule has 2 N–H and O–H groups in total. The van der Waals surface area contributed by atoms with E-state index in [1.54, 1.807) is 0 Å². The van der Waals surface area contributed by atoms with Gasteiger partial charge in [0.15, 0.2) is 0 Å². The zero-order valence-corrected chi connectivity index (χ0v) is 19.5. The third-order valence-electron chi connectivity index (χ3n) is 6.82. The van der Waals surface area contributed by atoms with Gasteiger partial charge in [0, 0.05) is 6.20 Å². The van der Waals surface area contributed by atoms with Crippen molar-refractivity contribution in [3.8, 4) is 0 Å². The summed E-state index contributed by atoms with van der Waals surface area (Å²) < 4.78 is 64.3. The Morgan fingerprint density at radius 1 is 1.06 bits per heavy atom. The number of aromatic nitrogens is 1. The topological polar surface area (TPSA) is 88.2 Å². The summed E-state index contributed by atoms with van der Waals surface area (Å²) in [6.45, 7) is 0.984. The first-order valence-electron chi connectivity index (χ1n) is 11.5. The highest BCUT2D eigenvalue weighted by Gasteiger charge is 2.34. The Morgan fingerprint density at radius 3 is 2.50 bits per heavy atom. The van der Waals surface area contributed by atoms with Crippen LogP contribution in [0.3, 0.4) is 0 Å². The van der Waals surface area contributed by atoms with Gasteiger partial charge in [-0.25, -0.2) is 8.42 Å². The molecule has 2 heterocycles. The van der Waals surface area contributed by atoms with Crippen molar-refractivity contribution < 1.29 is 26.4 Å². The number of hydrogen-bond donors (Lipinski definition) is 2. The fraction of sp³-hybridized carbons (Fsp3) is 0.500. The molecule has 2 atom stereocenters. The Balaban J connectivity index is 1.34. The molecule has 34 heavy (non-hydrogen) atoms. The number of carbonyl (C=O) groups excluding carboxylic acids is 1. The van der Waals surface area contributed by atoms with E-state index in [4.69, 9.17) is 0 Å². The molecule has 1 aliphatic heterocycles. The van der Waals surface area contributed by atoms with Crippen molar-refractivity contribution in [2.45, 2.75) is 67.1 Å². The van der Waals surface area contributed by atoms with Gasteiger partial charge in [-0.1, -0.05) is 38.2 Å². The number of hydrogen-bond acceptors (Lipinski definition) is 5. The smallest absolute Gasteiger partial charge is 0.349 e. The van der Waals surface area contributed by atoms with Gasteiger partial charge in [-0.2, -0.15) is 13.2 Å². The largest absolute Gasteiger partial charge is 0.416 e. The maximum atomic E-state index is 12.9. The second-order valence-corrected chi connectivity index (χ2v) is 11.0. The van der Waals surface area contributed by atoms with Gasteiger partial charge in [0.05, 0.1) is 33.6 Å². The Hall–Kier alpha value is -2.46. The fourth-order valence-corrected chi connectivity index (χ4v) is 6.13. The summed E-state index contributed by atoms with van der Waals surface area (Å²) in [5.41, 5.74) is -0.578. The fourth-order valence-electron chi connectivity index (χ4n) is 4.88. The Morgan fingerprint density at radius 2 is 1.82 bits per heavy atom. The first kappa shape index (κ1) is 24.7. The van der Waals surface area contributed by atoms with Gasteiger partial charge in [-0.05, 0) is 55.1 Å². The van der Waals surface area contributed by atoms with Crippen LogP contribution < -0.4 is 10.6 Å². The van der Waals surface area contributed by atoms with Gasteiger partial charge in [0.2, 0.25) is 15.7 Å². The van der Waals surface area contributed by atoms with Crippen LogP contribution in [0.2, 0.25) is 0 Å². The zero-order chi connectivity index (χ0) is 24.3. The number of alkyl halides is 3. The molecule has 10 heteroatoms. The lowest BCUT2D eigenvalue weighted by Crippen LogP contribution is -2.40. The lowest BCUT2D eigenvalue weighted by atomic mass is 9.79. The summed E-state index contributed by atoms with van der Waals surface area (Å²) in [4.78, 5) is 16.0. The van der Waals surface area contributed by atoms with Crippen molar-refractivity contribution in [1.29, 1.82) is 0 Å². The van der Waals surface area contributed by atoms with E-state index in [0.29, 0.717) is 23.6 Å². The molecule has 0 spiro atoms. The Labute approximate surface area is 197 Å². The van der Waals surface area contributed by atoms with Crippen molar-refractivity contribution in [2.24, 2.45) is 11.8 Å². The SMILES string of the molecule is O=C(NCc1ccc(S(=O)(=O)c2cccc(C(F)(F)F)c2)cn1)C1C[C@@H](C2CCCCC2)CN1. The Bertz CT molecular complexity index is 1110. The number of amides is 1. The molecule has 184 valence electrons. The van der Waals surface area contributed by atoms with Crippen LogP contribution >= 0.6 is 0 Å². The standard InChI is InChI=1S/C24H28F3N3O3S/c25-24(26,27)18-7-4-8-20(12-18)34(32,33)21-10-9-19(28-15-21)14-30-23(31)22-11-17(13-29-22)16-5-2-1-3-6-16/h4,7-10,12,15-17,22,29H,1-3,5-6,11,13-14H2,(H,30,31)/t17-,22?/m1/s1. The first-order chi connectivity index (χ1) is 16.1. The minimum atomic E-state index is -4.64. The predicted octanol–water partition coefficient (Wildman–Crippen LogP) is 4.11. The number of halogens is 3. The zero-order valence-electron chi connectivity index (χ0n) is 18.6. The number of benzene rings is 1. The molecule has 1 saturated heterocycles. The van der Waals surface area contributed by atoms with Gasteiger partial charge in [0.1, 0.15) is 0 Å². The molecule has 1 amide bonds. The van der Waals surface area contributed by atoms with Gasteiger partial charge >= 0.3 is 6.18 Å². The normalized spacial score (nSPS) is 22.0. The summed E-state index contributed by atoms with van der Waals surface area (Å²) in [7, 11) is -4.16. The van der Waals surface area contributed by atoms with Gasteiger partial charge in [-0.15, -0.1) is 0 Å². The molecular formula is C24H28F3N3O3S. The van der Waals surface area contributed by atoms with Crippen LogP contribution in [0.5, 0.6) is 0 Å². The summed E-state index contributed by atoms with van der Waals surface area (Å²) in [6.07, 6.45) is 3.58. The van der Waals surface area contributed by atoms with Crippen LogP contribution in [0.4, 0.5) is 13.2 Å². The molecule has 0 bridgehead atoms. The van der Waals surface area contributed by atoms with E-state index in [-0.39, 0.29) is 23.4 Å². The van der Waals surface area contributed by atoms with E-state index in [1.807, 2.05) is 0 Å². The number of nitrogens with zero attached hydrogens (tertiary/aromatic N) is 1. The van der Waals surface area contributed by atoms with Crippen molar-refractivity contribution >= 4 is 15.7 Å². The first-order valence-corrected chi connectivity index (χ1v) is 13.0. The van der Waals surface area contributed by atoms with Crippen LogP contribution in [-0.4, -0.2) is 31.9 Å². The maximum absolute atomic E-state index is 12.9. The molecule has 1 saturated carbocycles. The minimum absolute atomic E-state index is 0.110. The average molecular weight is 496 g/mol. The third kappa shape index (κ3) is 5.60. The highest BCUT2D eigenvalue weighted by atomic mass is 32.2. The predicted molar refractivity (Wildman–Crippen MR) is 119 cm³/mol. The molecule has 6 nitrogen and oxygen atoms in total. The van der Waals surface area contributed by atoms with E-state index in [1.165, 1.54) is 44.2 Å². The van der Waals surface area contributed by atoms with E-state index < -0.39 is 26.5 Å². The van der Waals surface area contributed by atoms with Crippen molar-refractivity contribution in [3.05, 3.63) is 53.9 Å². The molecular weight excluding hydrogens is 467 g/mol. The summed E-state index contributed by atoms with van der Waals surface area (Å²) in [5.74, 6) is 1.10. The molecule has 4 rings (SSSR count). The van der Waals surface area contributed by atoms with Crippen LogP contribution in [0.25, 0.3) is 0 Å². The average Bonchev–Trinajstić information content (AvgIpc) is 3.33. The second kappa shape index (κ2) is 10.0. The number of nitrogens with one attached hydrogen (secondary N) is 2. The second-order valence-electron chi connectivity index (χ2n) is 9.09. The number of sulfone groups is 1. The summed E-state index contributed by atoms with van der Waals surface area (Å²) in [6, 6.07) is 6.10. The van der Waals surface area contributed by atoms with Gasteiger partial charge in [-0.3, -0.25) is 9.78 Å². The van der Waals surface area contributed by atoms with Crippen molar-refractivity contribution in [3.63, 3.8) is 0 Å². The highest BCUT2D eigenvalue weighted by molar-refractivity contribution is 7.91. The van der Waals surface area contributed by atoms with Gasteiger partial charge in [0.25, 0.3) is 0 Å². The molecule has 0 radical (unpaired) electrons. The lowest BCUT2D eigenvalue weighted by molar-refractivity contribution is -0.137. The number of carbonyl (C=O) groups is 1. The molecule has 1 aromatic carbocycles. The van der Waals surface area contributed by atoms with Crippen LogP contribution in [-0.2, 0) is 27.4 Å². The Kier molecular flexibility index (Phi) is 7.28. The number of rotatable bonds is 6. The van der Waals surface area contributed by atoms with E-state index >= 15 is 0 Å². The maximum Gasteiger partial charge on any atom is 0.416 e. The summed E-state index contributed by atoms with van der Waals surface area (Å²) in [5, 5.41) is 6.15. The van der Waals surface area contributed by atoms with E-state index in [9.17, 15) is 26.4 Å². The van der Waals surface area contributed by atoms with E-state index in [0.717, 1.165) is 37.4 Å². The summed E-state index contributed by atoms with van der Waals surface area (Å²) >= 11 is 0. The van der Waals surface area contributed by atoms with Crippen LogP contribution in [0.1, 0.15) is 49.8 Å². The van der Waals surface area contributed by atoms with Gasteiger partial charge < -0.3 is 10.6 Å². The number of pyridine rings is 1. The molecule has 1 unspecified atom stereocenters. The van der Waals surface area contributed by atoms with Crippen LogP contribution in [0, 0.1) is 11.8 Å². The molecule has 2 fully saturated rings. The monoisotopic (exact) mass is 495 g/mol. The van der Waals surface area contributed by atoms with Crippen LogP contribution in [0.15, 0.2) is 52.4 Å². The molecule has 1 aromatic heterocycles. The van der Waals surface area contributed by atoms with Crippen molar-refractivity contribution in [2.75, 3.05) is 6.54 Å². The lowest BCUT2D eigenvalue weighted by Gasteiger charge is -2.26. The van der Waals surface area contributed by atoms with E-state index in [2.05, 4.69) is 15.6 Å². The van der Waals surface area contributed by atoms with Crippen molar-refractivity contribution in [1.82, 2.24) is 15.6 Å². The molecule has 1 aliphatic carbocycles. The quantitative estimate of drug-likeness (QED) is 0.630. The highest BCUT2D eigenvalue weighted by Crippen LogP contribution is 2.34. The third-order valence-corrected chi connectivity index (χ3v) is 8.56.